The highest BCUT2D eigenvalue weighted by Crippen LogP contribution is 2.10. The molecule has 0 radical (unpaired) electrons. The van der Waals surface area contributed by atoms with Gasteiger partial charge < -0.3 is 0 Å². The Morgan fingerprint density at radius 3 is 1.17 bits per heavy atom. The maximum atomic E-state index is 4.48. The molecule has 4 heteroatoms. The summed E-state index contributed by atoms with van der Waals surface area (Å²) in [5.41, 5.74) is 0. The Balaban J connectivity index is 1.71. The van der Waals surface area contributed by atoms with Crippen molar-refractivity contribution in [2.45, 2.75) is 51.4 Å². The second kappa shape index (κ2) is 8.11. The largest absolute Gasteiger partial charge is 0.297 e. The predicted octanol–water partition coefficient (Wildman–Crippen LogP) is 2.71. The van der Waals surface area contributed by atoms with Gasteiger partial charge in [-0.15, -0.1) is 0 Å². The summed E-state index contributed by atoms with van der Waals surface area (Å²) in [6.07, 6.45) is 14.2. The summed E-state index contributed by atoms with van der Waals surface area (Å²) in [6, 6.07) is 0. The Morgan fingerprint density at radius 2 is 0.833 bits per heavy atom. The van der Waals surface area contributed by atoms with Gasteiger partial charge >= 0.3 is 0 Å². The highest BCUT2D eigenvalue weighted by Gasteiger charge is 2.05. The van der Waals surface area contributed by atoms with E-state index in [1.54, 1.807) is 0 Å². The third kappa shape index (κ3) is 5.07. The second-order valence-electron chi connectivity index (χ2n) is 5.26. The smallest absolute Gasteiger partial charge is 0.0671 e. The van der Waals surface area contributed by atoms with Crippen LogP contribution in [-0.2, 0) is 0 Å². The molecular formula is C14H26N4. The summed E-state index contributed by atoms with van der Waals surface area (Å²) < 4.78 is 0. The lowest BCUT2D eigenvalue weighted by atomic mass is 10.2. The van der Waals surface area contributed by atoms with Crippen LogP contribution in [0.2, 0.25) is 0 Å². The fourth-order valence-corrected chi connectivity index (χ4v) is 2.59. The number of rotatable bonds is 3. The number of nitrogens with zero attached hydrogens (tertiary/aromatic N) is 4. The monoisotopic (exact) mass is 250 g/mol. The average Bonchev–Trinajstić information content (AvgIpc) is 2.79. The summed E-state index contributed by atoms with van der Waals surface area (Å²) in [5.74, 6) is 0. The Hall–Kier alpha value is -1.06. The second-order valence-corrected chi connectivity index (χ2v) is 5.26. The highest BCUT2D eigenvalue weighted by molar-refractivity contribution is 6.15. The minimum atomic E-state index is 1.11. The van der Waals surface area contributed by atoms with Gasteiger partial charge in [0.2, 0.25) is 0 Å². The van der Waals surface area contributed by atoms with Crippen LogP contribution in [0.4, 0.5) is 0 Å². The molecule has 0 N–H and O–H groups in total. The van der Waals surface area contributed by atoms with E-state index < -0.39 is 0 Å². The lowest BCUT2D eigenvalue weighted by Gasteiger charge is -2.16. The maximum Gasteiger partial charge on any atom is 0.0671 e. The molecule has 102 valence electrons. The molecule has 18 heavy (non-hydrogen) atoms. The lowest BCUT2D eigenvalue weighted by Crippen LogP contribution is -2.19. The van der Waals surface area contributed by atoms with Crippen LogP contribution < -0.4 is 0 Å². The minimum Gasteiger partial charge on any atom is -0.297 e. The van der Waals surface area contributed by atoms with Gasteiger partial charge in [-0.2, -0.15) is 10.2 Å². The van der Waals surface area contributed by atoms with Crippen molar-refractivity contribution in [3.63, 3.8) is 0 Å². The molecule has 2 aliphatic rings. The molecule has 4 nitrogen and oxygen atoms in total. The van der Waals surface area contributed by atoms with Crippen molar-refractivity contribution in [2.75, 3.05) is 26.2 Å². The molecule has 0 saturated carbocycles. The van der Waals surface area contributed by atoms with Gasteiger partial charge in [0, 0.05) is 26.2 Å². The first kappa shape index (κ1) is 13.4. The SMILES string of the molecule is C(/C=N/N1CCCCCC1)=N\N1CCCCCC1. The van der Waals surface area contributed by atoms with E-state index in [9.17, 15) is 0 Å². The van der Waals surface area contributed by atoms with Gasteiger partial charge in [0.1, 0.15) is 0 Å². The topological polar surface area (TPSA) is 31.2 Å². The zero-order valence-corrected chi connectivity index (χ0v) is 11.4. The predicted molar refractivity (Wildman–Crippen MR) is 77.1 cm³/mol. The van der Waals surface area contributed by atoms with Gasteiger partial charge in [0.05, 0.1) is 12.4 Å². The summed E-state index contributed by atoms with van der Waals surface area (Å²) in [6.45, 7) is 4.42. The fourth-order valence-electron chi connectivity index (χ4n) is 2.59. The molecule has 0 bridgehead atoms. The zero-order chi connectivity index (χ0) is 12.5. The van der Waals surface area contributed by atoms with Gasteiger partial charge in [0.25, 0.3) is 0 Å². The van der Waals surface area contributed by atoms with E-state index in [4.69, 9.17) is 0 Å². The average molecular weight is 250 g/mol. The number of hydrogen-bond donors (Lipinski definition) is 0. The van der Waals surface area contributed by atoms with E-state index in [0.717, 1.165) is 26.2 Å². The first-order valence-electron chi connectivity index (χ1n) is 7.51. The van der Waals surface area contributed by atoms with Crippen LogP contribution in [0.1, 0.15) is 51.4 Å². The first-order chi connectivity index (χ1) is 8.95. The van der Waals surface area contributed by atoms with E-state index in [1.165, 1.54) is 51.4 Å². The number of hydrogen-bond acceptors (Lipinski definition) is 4. The first-order valence-corrected chi connectivity index (χ1v) is 7.51. The van der Waals surface area contributed by atoms with Crippen molar-refractivity contribution in [1.29, 1.82) is 0 Å². The van der Waals surface area contributed by atoms with Crippen LogP contribution in [0.25, 0.3) is 0 Å². The van der Waals surface area contributed by atoms with Crippen molar-refractivity contribution in [1.82, 2.24) is 10.0 Å². The van der Waals surface area contributed by atoms with Gasteiger partial charge in [-0.25, -0.2) is 0 Å². The summed E-state index contributed by atoms with van der Waals surface area (Å²) >= 11 is 0. The quantitative estimate of drug-likeness (QED) is 0.721. The van der Waals surface area contributed by atoms with Crippen molar-refractivity contribution in [3.8, 4) is 0 Å². The van der Waals surface area contributed by atoms with Crippen LogP contribution in [-0.4, -0.2) is 48.6 Å². The molecule has 0 aromatic carbocycles. The molecule has 0 aromatic heterocycles. The Kier molecular flexibility index (Phi) is 6.03. The Bertz CT molecular complexity index is 231. The fraction of sp³-hybridized carbons (Fsp3) is 0.857. The van der Waals surface area contributed by atoms with E-state index in [2.05, 4.69) is 20.2 Å². The van der Waals surface area contributed by atoms with Crippen LogP contribution in [0.15, 0.2) is 10.2 Å². The van der Waals surface area contributed by atoms with Crippen LogP contribution in [0, 0.1) is 0 Å². The molecule has 0 atom stereocenters. The van der Waals surface area contributed by atoms with E-state index >= 15 is 0 Å². The van der Waals surface area contributed by atoms with Crippen LogP contribution in [0.5, 0.6) is 0 Å². The maximum absolute atomic E-state index is 4.48. The minimum absolute atomic E-state index is 1.11. The Labute approximate surface area is 111 Å². The van der Waals surface area contributed by atoms with E-state index in [0.29, 0.717) is 0 Å². The molecule has 0 amide bonds. The highest BCUT2D eigenvalue weighted by atomic mass is 15.5. The van der Waals surface area contributed by atoms with Crippen molar-refractivity contribution >= 4 is 12.4 Å². The molecule has 2 fully saturated rings. The van der Waals surface area contributed by atoms with Crippen molar-refractivity contribution < 1.29 is 0 Å². The molecule has 0 aliphatic carbocycles. The third-order valence-electron chi connectivity index (χ3n) is 3.69. The third-order valence-corrected chi connectivity index (χ3v) is 3.69. The Morgan fingerprint density at radius 1 is 0.500 bits per heavy atom. The van der Waals surface area contributed by atoms with Crippen molar-refractivity contribution in [3.05, 3.63) is 0 Å². The molecule has 0 spiro atoms. The summed E-state index contributed by atoms with van der Waals surface area (Å²) in [7, 11) is 0. The van der Waals surface area contributed by atoms with Gasteiger partial charge in [-0.05, 0) is 25.7 Å². The van der Waals surface area contributed by atoms with Crippen LogP contribution >= 0.6 is 0 Å². The van der Waals surface area contributed by atoms with E-state index in [1.807, 2.05) is 12.4 Å². The van der Waals surface area contributed by atoms with E-state index in [-0.39, 0.29) is 0 Å². The number of hydrazone groups is 2. The van der Waals surface area contributed by atoms with Gasteiger partial charge in [0.15, 0.2) is 0 Å². The van der Waals surface area contributed by atoms with Crippen LogP contribution in [0.3, 0.4) is 0 Å². The normalized spacial score (nSPS) is 23.6. The lowest BCUT2D eigenvalue weighted by molar-refractivity contribution is 0.300. The molecule has 0 aromatic rings. The van der Waals surface area contributed by atoms with Crippen molar-refractivity contribution in [2.24, 2.45) is 10.2 Å². The molecule has 2 heterocycles. The molecule has 2 saturated heterocycles. The zero-order valence-electron chi connectivity index (χ0n) is 11.4. The van der Waals surface area contributed by atoms with Gasteiger partial charge in [-0.3, -0.25) is 10.0 Å². The standard InChI is InChI=1S/C14H26N4/c1-2-6-12-17(11-5-1)15-9-10-16-18-13-7-3-4-8-14-18/h9-10H,1-8,11-14H2/b15-9+,16-10+. The molecular weight excluding hydrogens is 224 g/mol. The molecule has 0 unspecified atom stereocenters. The summed E-state index contributed by atoms with van der Waals surface area (Å²) in [4.78, 5) is 0. The molecule has 2 rings (SSSR count). The summed E-state index contributed by atoms with van der Waals surface area (Å²) in [5, 5.41) is 13.3. The molecule has 2 aliphatic heterocycles. The van der Waals surface area contributed by atoms with Gasteiger partial charge in [-0.1, -0.05) is 25.7 Å².